The van der Waals surface area contributed by atoms with Crippen molar-refractivity contribution in [2.75, 3.05) is 23.9 Å². The van der Waals surface area contributed by atoms with Gasteiger partial charge in [-0.2, -0.15) is 5.26 Å². The summed E-state index contributed by atoms with van der Waals surface area (Å²) in [6.45, 7) is 4.63. The van der Waals surface area contributed by atoms with E-state index in [0.717, 1.165) is 28.1 Å². The van der Waals surface area contributed by atoms with Crippen LogP contribution < -0.4 is 20.3 Å². The van der Waals surface area contributed by atoms with E-state index >= 15 is 0 Å². The van der Waals surface area contributed by atoms with E-state index < -0.39 is 0 Å². The molecule has 6 nitrogen and oxygen atoms in total. The number of urea groups is 1. The highest BCUT2D eigenvalue weighted by Crippen LogP contribution is 2.50. The Morgan fingerprint density at radius 1 is 1.15 bits per heavy atom. The molecule has 1 aliphatic heterocycles. The fraction of sp³-hybridized carbons (Fsp3) is 0.185. The number of ether oxygens (including phenoxy) is 1. The average Bonchev–Trinajstić information content (AvgIpc) is 3.15. The fourth-order valence-electron chi connectivity index (χ4n) is 4.28. The van der Waals surface area contributed by atoms with Crippen molar-refractivity contribution in [3.63, 3.8) is 0 Å². The monoisotopic (exact) mass is 438 g/mol. The van der Waals surface area contributed by atoms with Gasteiger partial charge in [0.25, 0.3) is 0 Å². The Labute approximate surface area is 194 Å². The molecular formula is C27H26N4O2. The van der Waals surface area contributed by atoms with Crippen LogP contribution in [0.4, 0.5) is 16.2 Å². The van der Waals surface area contributed by atoms with Gasteiger partial charge < -0.3 is 20.3 Å². The first kappa shape index (κ1) is 22.0. The Morgan fingerprint density at radius 3 is 2.70 bits per heavy atom. The molecule has 2 amide bonds. The molecule has 4 rings (SSSR count). The Bertz CT molecular complexity index is 1190. The number of fused-ring (bicyclic) bond motifs is 1. The normalized spacial score (nSPS) is 16.4. The predicted octanol–water partition coefficient (Wildman–Crippen LogP) is 5.37. The molecule has 166 valence electrons. The van der Waals surface area contributed by atoms with Crippen molar-refractivity contribution >= 4 is 17.4 Å². The van der Waals surface area contributed by atoms with Crippen molar-refractivity contribution in [1.82, 2.24) is 5.32 Å². The number of methoxy groups -OCH3 is 1. The largest absolute Gasteiger partial charge is 0.497 e. The lowest BCUT2D eigenvalue weighted by atomic mass is 9.91. The maximum Gasteiger partial charge on any atom is 0.319 e. The summed E-state index contributed by atoms with van der Waals surface area (Å²) >= 11 is 0. The van der Waals surface area contributed by atoms with Gasteiger partial charge in [0.2, 0.25) is 0 Å². The summed E-state index contributed by atoms with van der Waals surface area (Å²) in [5, 5.41) is 15.7. The topological polar surface area (TPSA) is 77.4 Å². The summed E-state index contributed by atoms with van der Waals surface area (Å²) in [5.41, 5.74) is 4.72. The smallest absolute Gasteiger partial charge is 0.319 e. The molecule has 3 aromatic rings. The standard InChI is InChI=1S/C27H26N4O2/c1-3-14-29-27(32)30-21-11-7-10-20(15-21)26-24(17-28)23-13-12-22(33-2)16-25(23)31(26)18-19-8-5-4-6-9-19/h3-13,15-16,24,26H,1,14,18H2,2H3,(H2,29,30,32). The molecule has 0 spiro atoms. The van der Waals surface area contributed by atoms with Crippen LogP contribution in [0.5, 0.6) is 5.75 Å². The quantitative estimate of drug-likeness (QED) is 0.486. The molecule has 2 N–H and O–H groups in total. The molecule has 1 aliphatic rings. The van der Waals surface area contributed by atoms with Crippen LogP contribution in [-0.2, 0) is 6.54 Å². The molecule has 0 saturated carbocycles. The number of rotatable bonds is 7. The number of carbonyl (C=O) groups excluding carboxylic acids is 1. The van der Waals surface area contributed by atoms with Crippen LogP contribution in [0.3, 0.4) is 0 Å². The third-order valence-electron chi connectivity index (χ3n) is 5.76. The lowest BCUT2D eigenvalue weighted by Crippen LogP contribution is -2.29. The van der Waals surface area contributed by atoms with Gasteiger partial charge in [0.15, 0.2) is 0 Å². The van der Waals surface area contributed by atoms with E-state index in [1.165, 1.54) is 0 Å². The summed E-state index contributed by atoms with van der Waals surface area (Å²) in [6, 6.07) is 25.7. The second-order valence-electron chi connectivity index (χ2n) is 7.84. The zero-order valence-corrected chi connectivity index (χ0v) is 18.5. The van der Waals surface area contributed by atoms with Crippen molar-refractivity contribution in [2.45, 2.75) is 18.5 Å². The van der Waals surface area contributed by atoms with Crippen LogP contribution in [0.2, 0.25) is 0 Å². The van der Waals surface area contributed by atoms with Gasteiger partial charge in [-0.25, -0.2) is 4.79 Å². The number of amides is 2. The van der Waals surface area contributed by atoms with Crippen molar-refractivity contribution in [3.8, 4) is 11.8 Å². The average molecular weight is 439 g/mol. The number of carbonyl (C=O) groups is 1. The minimum absolute atomic E-state index is 0.213. The molecule has 6 heteroatoms. The number of anilines is 2. The second-order valence-corrected chi connectivity index (χ2v) is 7.84. The molecule has 3 aromatic carbocycles. The van der Waals surface area contributed by atoms with E-state index in [4.69, 9.17) is 4.74 Å². The van der Waals surface area contributed by atoms with Crippen LogP contribution in [-0.4, -0.2) is 19.7 Å². The van der Waals surface area contributed by atoms with Gasteiger partial charge in [-0.05, 0) is 34.9 Å². The highest BCUT2D eigenvalue weighted by molar-refractivity contribution is 5.89. The van der Waals surface area contributed by atoms with Gasteiger partial charge in [0.05, 0.1) is 25.1 Å². The molecule has 0 bridgehead atoms. The van der Waals surface area contributed by atoms with Crippen molar-refractivity contribution in [3.05, 3.63) is 102 Å². The van der Waals surface area contributed by atoms with Gasteiger partial charge in [-0.1, -0.05) is 54.6 Å². The molecule has 0 fully saturated rings. The molecule has 33 heavy (non-hydrogen) atoms. The Hall–Kier alpha value is -4.24. The van der Waals surface area contributed by atoms with E-state index in [1.807, 2.05) is 60.7 Å². The SMILES string of the molecule is C=CCNC(=O)Nc1cccc(C2C(C#N)c3ccc(OC)cc3N2Cc2ccccc2)c1. The maximum absolute atomic E-state index is 12.1. The highest BCUT2D eigenvalue weighted by atomic mass is 16.5. The van der Waals surface area contributed by atoms with Gasteiger partial charge in [-0.3, -0.25) is 0 Å². The molecule has 0 aromatic heterocycles. The zero-order valence-electron chi connectivity index (χ0n) is 18.5. The lowest BCUT2D eigenvalue weighted by Gasteiger charge is -2.29. The van der Waals surface area contributed by atoms with Crippen molar-refractivity contribution in [2.24, 2.45) is 0 Å². The number of nitrogens with one attached hydrogen (secondary N) is 2. The van der Waals surface area contributed by atoms with Gasteiger partial charge in [0, 0.05) is 30.5 Å². The number of hydrogen-bond acceptors (Lipinski definition) is 4. The first-order valence-electron chi connectivity index (χ1n) is 10.8. The van der Waals surface area contributed by atoms with Crippen LogP contribution in [0.25, 0.3) is 0 Å². The number of hydrogen-bond donors (Lipinski definition) is 2. The van der Waals surface area contributed by atoms with Crippen LogP contribution in [0.15, 0.2) is 85.5 Å². The first-order valence-corrected chi connectivity index (χ1v) is 10.8. The molecule has 0 radical (unpaired) electrons. The molecular weight excluding hydrogens is 412 g/mol. The molecule has 2 unspecified atom stereocenters. The lowest BCUT2D eigenvalue weighted by molar-refractivity contribution is 0.253. The Kier molecular flexibility index (Phi) is 6.61. The summed E-state index contributed by atoms with van der Waals surface area (Å²) in [4.78, 5) is 14.4. The number of nitriles is 1. The molecule has 2 atom stereocenters. The highest BCUT2D eigenvalue weighted by Gasteiger charge is 2.40. The third-order valence-corrected chi connectivity index (χ3v) is 5.76. The summed E-state index contributed by atoms with van der Waals surface area (Å²) in [6.07, 6.45) is 1.62. The zero-order chi connectivity index (χ0) is 23.2. The van der Waals surface area contributed by atoms with E-state index in [1.54, 1.807) is 13.2 Å². The summed E-state index contributed by atoms with van der Waals surface area (Å²) < 4.78 is 5.47. The minimum Gasteiger partial charge on any atom is -0.497 e. The first-order chi connectivity index (χ1) is 16.1. The van der Waals surface area contributed by atoms with Gasteiger partial charge in [-0.15, -0.1) is 6.58 Å². The van der Waals surface area contributed by atoms with Gasteiger partial charge >= 0.3 is 6.03 Å². The summed E-state index contributed by atoms with van der Waals surface area (Å²) in [7, 11) is 1.64. The molecule has 0 saturated heterocycles. The fourth-order valence-corrected chi connectivity index (χ4v) is 4.28. The third kappa shape index (κ3) is 4.68. The molecule has 1 heterocycles. The number of nitrogens with zero attached hydrogens (tertiary/aromatic N) is 2. The van der Waals surface area contributed by atoms with E-state index in [0.29, 0.717) is 18.8 Å². The van der Waals surface area contributed by atoms with Crippen molar-refractivity contribution < 1.29 is 9.53 Å². The molecule has 0 aliphatic carbocycles. The van der Waals surface area contributed by atoms with Crippen LogP contribution >= 0.6 is 0 Å². The number of benzene rings is 3. The Balaban J connectivity index is 1.73. The van der Waals surface area contributed by atoms with Crippen LogP contribution in [0, 0.1) is 11.3 Å². The van der Waals surface area contributed by atoms with Crippen LogP contribution in [0.1, 0.15) is 28.7 Å². The van der Waals surface area contributed by atoms with Crippen molar-refractivity contribution in [1.29, 1.82) is 5.26 Å². The summed E-state index contributed by atoms with van der Waals surface area (Å²) in [5.74, 6) is 0.387. The van der Waals surface area contributed by atoms with E-state index in [9.17, 15) is 10.1 Å². The minimum atomic E-state index is -0.362. The predicted molar refractivity (Wildman–Crippen MR) is 130 cm³/mol. The Morgan fingerprint density at radius 2 is 1.97 bits per heavy atom. The van der Waals surface area contributed by atoms with Gasteiger partial charge in [0.1, 0.15) is 5.75 Å². The van der Waals surface area contributed by atoms with E-state index in [2.05, 4.69) is 40.3 Å². The maximum atomic E-state index is 12.1. The van der Waals surface area contributed by atoms with E-state index in [-0.39, 0.29) is 18.0 Å². The second kappa shape index (κ2) is 9.92.